The number of carbonyl (C=O) groups excluding carboxylic acids is 3. The largest absolute Gasteiger partial charge is 0.465 e. The molecule has 28 heavy (non-hydrogen) atoms. The molecule has 0 N–H and O–H groups in total. The van der Waals surface area contributed by atoms with Gasteiger partial charge in [-0.15, -0.1) is 11.3 Å². The lowest BCUT2D eigenvalue weighted by molar-refractivity contribution is -0.136. The first-order valence-corrected chi connectivity index (χ1v) is 10.0. The standard InChI is InChI=1S/C20H24N2O5S/c1-13-16(20(25)26-3)10-15(27-13)12-21(2)18(23)14-6-4-8-22(11-14)19(24)17-7-5-9-28-17/h5,7,9-10,14H,4,6,8,11-12H2,1-3H3/t14-/m1/s1. The highest BCUT2D eigenvalue weighted by Gasteiger charge is 2.31. The second kappa shape index (κ2) is 8.60. The van der Waals surface area contributed by atoms with Gasteiger partial charge in [0.2, 0.25) is 5.91 Å². The van der Waals surface area contributed by atoms with Crippen molar-refractivity contribution in [1.29, 1.82) is 0 Å². The molecule has 8 heteroatoms. The molecule has 3 rings (SSSR count). The zero-order chi connectivity index (χ0) is 20.3. The fourth-order valence-electron chi connectivity index (χ4n) is 3.48. The molecule has 3 heterocycles. The van der Waals surface area contributed by atoms with Gasteiger partial charge in [0, 0.05) is 20.1 Å². The van der Waals surface area contributed by atoms with Gasteiger partial charge in [-0.05, 0) is 37.3 Å². The number of rotatable bonds is 5. The van der Waals surface area contributed by atoms with E-state index in [9.17, 15) is 14.4 Å². The third kappa shape index (κ3) is 4.27. The molecule has 1 atom stereocenters. The molecule has 1 aliphatic heterocycles. The van der Waals surface area contributed by atoms with Gasteiger partial charge >= 0.3 is 5.97 Å². The smallest absolute Gasteiger partial charge is 0.341 e. The first-order valence-electron chi connectivity index (χ1n) is 9.16. The molecular weight excluding hydrogens is 380 g/mol. The second-order valence-corrected chi connectivity index (χ2v) is 7.88. The van der Waals surface area contributed by atoms with E-state index in [1.165, 1.54) is 18.4 Å². The van der Waals surface area contributed by atoms with Crippen molar-refractivity contribution in [2.75, 3.05) is 27.2 Å². The molecule has 0 unspecified atom stereocenters. The average Bonchev–Trinajstić information content (AvgIpc) is 3.36. The van der Waals surface area contributed by atoms with E-state index in [1.807, 2.05) is 17.5 Å². The summed E-state index contributed by atoms with van der Waals surface area (Å²) in [4.78, 5) is 41.2. The van der Waals surface area contributed by atoms with Crippen molar-refractivity contribution in [2.45, 2.75) is 26.3 Å². The van der Waals surface area contributed by atoms with Gasteiger partial charge < -0.3 is 19.0 Å². The fourth-order valence-corrected chi connectivity index (χ4v) is 4.17. The van der Waals surface area contributed by atoms with Crippen molar-refractivity contribution < 1.29 is 23.5 Å². The number of thiophene rings is 1. The summed E-state index contributed by atoms with van der Waals surface area (Å²) >= 11 is 1.41. The molecule has 0 saturated carbocycles. The lowest BCUT2D eigenvalue weighted by Gasteiger charge is -2.33. The first-order chi connectivity index (χ1) is 13.4. The van der Waals surface area contributed by atoms with Gasteiger partial charge in [0.1, 0.15) is 17.1 Å². The number of piperidine rings is 1. The lowest BCUT2D eigenvalue weighted by atomic mass is 9.96. The van der Waals surface area contributed by atoms with E-state index in [0.717, 1.165) is 12.8 Å². The van der Waals surface area contributed by atoms with Crippen molar-refractivity contribution in [2.24, 2.45) is 5.92 Å². The minimum absolute atomic E-state index is 0.0143. The quantitative estimate of drug-likeness (QED) is 0.716. The normalized spacial score (nSPS) is 16.7. The van der Waals surface area contributed by atoms with E-state index in [-0.39, 0.29) is 24.3 Å². The summed E-state index contributed by atoms with van der Waals surface area (Å²) in [6.45, 7) is 3.04. The van der Waals surface area contributed by atoms with E-state index in [4.69, 9.17) is 9.15 Å². The average molecular weight is 404 g/mol. The molecule has 2 aromatic heterocycles. The molecule has 2 amide bonds. The van der Waals surface area contributed by atoms with Crippen LogP contribution < -0.4 is 0 Å². The Labute approximate surface area is 167 Å². The monoisotopic (exact) mass is 404 g/mol. The van der Waals surface area contributed by atoms with Crippen molar-refractivity contribution in [1.82, 2.24) is 9.80 Å². The van der Waals surface area contributed by atoms with Crippen LogP contribution in [0.25, 0.3) is 0 Å². The molecule has 1 fully saturated rings. The van der Waals surface area contributed by atoms with E-state index in [0.29, 0.717) is 35.1 Å². The summed E-state index contributed by atoms with van der Waals surface area (Å²) < 4.78 is 10.3. The highest BCUT2D eigenvalue weighted by molar-refractivity contribution is 7.12. The van der Waals surface area contributed by atoms with E-state index < -0.39 is 5.97 Å². The minimum Gasteiger partial charge on any atom is -0.465 e. The fraction of sp³-hybridized carbons (Fsp3) is 0.450. The van der Waals surface area contributed by atoms with Crippen LogP contribution in [0.1, 0.15) is 44.4 Å². The Kier molecular flexibility index (Phi) is 6.18. The molecule has 1 saturated heterocycles. The van der Waals surface area contributed by atoms with Crippen LogP contribution in [0.3, 0.4) is 0 Å². The number of nitrogens with zero attached hydrogens (tertiary/aromatic N) is 2. The third-order valence-corrected chi connectivity index (χ3v) is 5.79. The first kappa shape index (κ1) is 20.1. The molecule has 0 aromatic carbocycles. The van der Waals surface area contributed by atoms with Crippen LogP contribution in [0.15, 0.2) is 28.0 Å². The Morgan fingerprint density at radius 1 is 1.39 bits per heavy atom. The lowest BCUT2D eigenvalue weighted by Crippen LogP contribution is -2.45. The van der Waals surface area contributed by atoms with E-state index >= 15 is 0 Å². The molecule has 1 aliphatic rings. The summed E-state index contributed by atoms with van der Waals surface area (Å²) in [5.41, 5.74) is 0.365. The van der Waals surface area contributed by atoms with Crippen LogP contribution in [-0.2, 0) is 16.1 Å². The molecule has 0 radical (unpaired) electrons. The van der Waals surface area contributed by atoms with Crippen molar-refractivity contribution >= 4 is 29.1 Å². The molecule has 0 spiro atoms. The Morgan fingerprint density at radius 2 is 2.18 bits per heavy atom. The van der Waals surface area contributed by atoms with Crippen molar-refractivity contribution in [3.05, 3.63) is 45.5 Å². The van der Waals surface area contributed by atoms with Crippen molar-refractivity contribution in [3.8, 4) is 0 Å². The number of aryl methyl sites for hydroxylation is 1. The topological polar surface area (TPSA) is 80.1 Å². The van der Waals surface area contributed by atoms with Crippen LogP contribution in [0, 0.1) is 12.8 Å². The number of hydrogen-bond acceptors (Lipinski definition) is 6. The van der Waals surface area contributed by atoms with Crippen LogP contribution in [0.5, 0.6) is 0 Å². The van der Waals surface area contributed by atoms with Gasteiger partial charge in [0.05, 0.1) is 24.4 Å². The Balaban J connectivity index is 1.63. The van der Waals surface area contributed by atoms with E-state index in [2.05, 4.69) is 0 Å². The molecular formula is C20H24N2O5S. The molecule has 0 aliphatic carbocycles. The third-order valence-electron chi connectivity index (χ3n) is 4.93. The SMILES string of the molecule is COC(=O)c1cc(CN(C)C(=O)[C@@H]2CCCN(C(=O)c3cccs3)C2)oc1C. The van der Waals surface area contributed by atoms with Gasteiger partial charge in [-0.3, -0.25) is 9.59 Å². The van der Waals surface area contributed by atoms with Gasteiger partial charge in [0.15, 0.2) is 0 Å². The Hall–Kier alpha value is -2.61. The number of furan rings is 1. The van der Waals surface area contributed by atoms with Crippen LogP contribution in [0.4, 0.5) is 0 Å². The van der Waals surface area contributed by atoms with Crippen LogP contribution >= 0.6 is 11.3 Å². The number of likely N-dealkylation sites (tertiary alicyclic amines) is 1. The Bertz CT molecular complexity index is 858. The second-order valence-electron chi connectivity index (χ2n) is 6.94. The number of methoxy groups -OCH3 is 1. The summed E-state index contributed by atoms with van der Waals surface area (Å²) in [7, 11) is 3.02. The molecule has 150 valence electrons. The minimum atomic E-state index is -0.462. The summed E-state index contributed by atoms with van der Waals surface area (Å²) in [6, 6.07) is 5.27. The molecule has 2 aromatic rings. The predicted octanol–water partition coefficient (Wildman–Crippen LogP) is 2.95. The number of amides is 2. The highest BCUT2D eigenvalue weighted by atomic mass is 32.1. The van der Waals surface area contributed by atoms with Crippen LogP contribution in [-0.4, -0.2) is 54.8 Å². The highest BCUT2D eigenvalue weighted by Crippen LogP contribution is 2.23. The number of esters is 1. The zero-order valence-electron chi connectivity index (χ0n) is 16.3. The van der Waals surface area contributed by atoms with E-state index in [1.54, 1.807) is 29.8 Å². The summed E-state index contributed by atoms with van der Waals surface area (Å²) in [5.74, 6) is 0.247. The van der Waals surface area contributed by atoms with Gasteiger partial charge in [-0.25, -0.2) is 4.79 Å². The number of ether oxygens (including phenoxy) is 1. The predicted molar refractivity (Wildman–Crippen MR) is 104 cm³/mol. The summed E-state index contributed by atoms with van der Waals surface area (Å²) in [6.07, 6.45) is 1.55. The Morgan fingerprint density at radius 3 is 2.86 bits per heavy atom. The molecule has 0 bridgehead atoms. The van der Waals surface area contributed by atoms with Crippen molar-refractivity contribution in [3.63, 3.8) is 0 Å². The maximum atomic E-state index is 12.9. The number of carbonyl (C=O) groups is 3. The van der Waals surface area contributed by atoms with Gasteiger partial charge in [0.25, 0.3) is 5.91 Å². The zero-order valence-corrected chi connectivity index (χ0v) is 17.1. The van der Waals surface area contributed by atoms with Crippen LogP contribution in [0.2, 0.25) is 0 Å². The van der Waals surface area contributed by atoms with Gasteiger partial charge in [-0.1, -0.05) is 6.07 Å². The maximum absolute atomic E-state index is 12.9. The summed E-state index contributed by atoms with van der Waals surface area (Å²) in [5, 5.41) is 1.88. The molecule has 7 nitrogen and oxygen atoms in total. The van der Waals surface area contributed by atoms with Gasteiger partial charge in [-0.2, -0.15) is 0 Å². The number of hydrogen-bond donors (Lipinski definition) is 0. The maximum Gasteiger partial charge on any atom is 0.341 e.